The van der Waals surface area contributed by atoms with Crippen molar-refractivity contribution in [2.24, 2.45) is 0 Å². The molecule has 2 amide bonds. The zero-order valence-corrected chi connectivity index (χ0v) is 11.8. The third-order valence-electron chi connectivity index (χ3n) is 2.94. The molecule has 21 heavy (non-hydrogen) atoms. The molecule has 0 fully saturated rings. The number of rotatable bonds is 5. The van der Waals surface area contributed by atoms with E-state index in [1.165, 1.54) is 0 Å². The topological polar surface area (TPSA) is 71.1 Å². The molecule has 0 saturated carbocycles. The maximum atomic E-state index is 11.8. The number of aryl methyl sites for hydroxylation is 1. The first-order valence-electron chi connectivity index (χ1n) is 6.65. The van der Waals surface area contributed by atoms with E-state index < -0.39 is 0 Å². The first-order valence-corrected chi connectivity index (χ1v) is 6.65. The second kappa shape index (κ2) is 7.19. The first kappa shape index (κ1) is 14.7. The number of nitrogens with zero attached hydrogens (tertiary/aromatic N) is 1. The molecule has 5 nitrogen and oxygen atoms in total. The van der Waals surface area contributed by atoms with Gasteiger partial charge in [-0.05, 0) is 30.7 Å². The van der Waals surface area contributed by atoms with Crippen LogP contribution in [0.4, 0.5) is 0 Å². The summed E-state index contributed by atoms with van der Waals surface area (Å²) in [6.07, 6.45) is 3.36. The van der Waals surface area contributed by atoms with Crippen molar-refractivity contribution < 1.29 is 9.59 Å². The molecule has 0 unspecified atom stereocenters. The van der Waals surface area contributed by atoms with Gasteiger partial charge in [0.1, 0.15) is 0 Å². The molecule has 1 heterocycles. The number of carbonyl (C=O) groups excluding carboxylic acids is 2. The minimum absolute atomic E-state index is 0.0486. The number of benzene rings is 1. The molecule has 108 valence electrons. The highest BCUT2D eigenvalue weighted by Gasteiger charge is 2.07. The van der Waals surface area contributed by atoms with Crippen LogP contribution in [0.2, 0.25) is 0 Å². The number of carbonyl (C=O) groups is 2. The Morgan fingerprint density at radius 3 is 2.52 bits per heavy atom. The fourth-order valence-electron chi connectivity index (χ4n) is 1.73. The van der Waals surface area contributed by atoms with Gasteiger partial charge >= 0.3 is 0 Å². The van der Waals surface area contributed by atoms with Crippen LogP contribution in [0.3, 0.4) is 0 Å². The van der Waals surface area contributed by atoms with Crippen molar-refractivity contribution in [1.82, 2.24) is 15.6 Å². The van der Waals surface area contributed by atoms with Crippen molar-refractivity contribution in [3.05, 3.63) is 65.5 Å². The monoisotopic (exact) mass is 283 g/mol. The average molecular weight is 283 g/mol. The summed E-state index contributed by atoms with van der Waals surface area (Å²) in [4.78, 5) is 27.5. The van der Waals surface area contributed by atoms with Crippen LogP contribution >= 0.6 is 0 Å². The van der Waals surface area contributed by atoms with Gasteiger partial charge in [0, 0.05) is 24.5 Å². The lowest BCUT2D eigenvalue weighted by molar-refractivity contribution is -0.120. The lowest BCUT2D eigenvalue weighted by Crippen LogP contribution is -2.36. The number of hydrogen-bond donors (Lipinski definition) is 2. The number of hydrogen-bond acceptors (Lipinski definition) is 3. The van der Waals surface area contributed by atoms with Crippen LogP contribution in [0, 0.1) is 6.92 Å². The summed E-state index contributed by atoms with van der Waals surface area (Å²) in [5, 5.41) is 5.31. The summed E-state index contributed by atoms with van der Waals surface area (Å²) >= 11 is 0. The minimum Gasteiger partial charge on any atom is -0.350 e. The summed E-state index contributed by atoms with van der Waals surface area (Å²) in [5.41, 5.74) is 2.54. The Balaban J connectivity index is 1.76. The molecule has 0 radical (unpaired) electrons. The van der Waals surface area contributed by atoms with E-state index in [9.17, 15) is 9.59 Å². The van der Waals surface area contributed by atoms with Crippen LogP contribution in [0.1, 0.15) is 21.5 Å². The molecule has 0 aliphatic rings. The van der Waals surface area contributed by atoms with E-state index in [0.717, 1.165) is 11.1 Å². The van der Waals surface area contributed by atoms with Crippen LogP contribution < -0.4 is 10.6 Å². The van der Waals surface area contributed by atoms with E-state index in [2.05, 4.69) is 15.6 Å². The van der Waals surface area contributed by atoms with Gasteiger partial charge in [0.25, 0.3) is 5.91 Å². The van der Waals surface area contributed by atoms with Crippen molar-refractivity contribution in [2.45, 2.75) is 13.5 Å². The quantitative estimate of drug-likeness (QED) is 0.872. The standard InChI is InChI=1S/C16H17N3O2/c1-12-4-6-14(7-5-12)16(21)19-11-15(20)18-10-13-3-2-8-17-9-13/h2-9H,10-11H2,1H3,(H,18,20)(H,19,21). The molecule has 2 N–H and O–H groups in total. The smallest absolute Gasteiger partial charge is 0.251 e. The first-order chi connectivity index (χ1) is 10.1. The molecule has 1 aromatic carbocycles. The fraction of sp³-hybridized carbons (Fsp3) is 0.188. The molecule has 0 saturated heterocycles. The molecule has 5 heteroatoms. The highest BCUT2D eigenvalue weighted by atomic mass is 16.2. The third-order valence-corrected chi connectivity index (χ3v) is 2.94. The zero-order valence-electron chi connectivity index (χ0n) is 11.8. The van der Waals surface area contributed by atoms with Crippen LogP contribution in [-0.4, -0.2) is 23.3 Å². The number of amides is 2. The van der Waals surface area contributed by atoms with E-state index in [1.54, 1.807) is 30.6 Å². The normalized spacial score (nSPS) is 9.95. The highest BCUT2D eigenvalue weighted by Crippen LogP contribution is 2.02. The molecule has 0 aliphatic carbocycles. The fourth-order valence-corrected chi connectivity index (χ4v) is 1.73. The Labute approximate surface area is 123 Å². The molecule has 0 aliphatic heterocycles. The lowest BCUT2D eigenvalue weighted by atomic mass is 10.1. The minimum atomic E-state index is -0.258. The van der Waals surface area contributed by atoms with Crippen molar-refractivity contribution in [3.63, 3.8) is 0 Å². The Morgan fingerprint density at radius 1 is 1.10 bits per heavy atom. The molecule has 0 atom stereocenters. The number of nitrogens with one attached hydrogen (secondary N) is 2. The van der Waals surface area contributed by atoms with Gasteiger partial charge in [0.05, 0.1) is 6.54 Å². The summed E-state index contributed by atoms with van der Waals surface area (Å²) in [7, 11) is 0. The van der Waals surface area contributed by atoms with Gasteiger partial charge in [-0.3, -0.25) is 14.6 Å². The van der Waals surface area contributed by atoms with E-state index in [0.29, 0.717) is 12.1 Å². The summed E-state index contributed by atoms with van der Waals surface area (Å²) in [6.45, 7) is 2.30. The van der Waals surface area contributed by atoms with E-state index >= 15 is 0 Å². The molecular weight excluding hydrogens is 266 g/mol. The number of aromatic nitrogens is 1. The second-order valence-corrected chi connectivity index (χ2v) is 4.69. The lowest BCUT2D eigenvalue weighted by Gasteiger charge is -2.07. The van der Waals surface area contributed by atoms with E-state index in [-0.39, 0.29) is 18.4 Å². The summed E-state index contributed by atoms with van der Waals surface area (Å²) in [6, 6.07) is 10.9. The van der Waals surface area contributed by atoms with Gasteiger partial charge in [-0.15, -0.1) is 0 Å². The predicted molar refractivity (Wildman–Crippen MR) is 79.6 cm³/mol. The second-order valence-electron chi connectivity index (χ2n) is 4.69. The Bertz CT molecular complexity index is 609. The van der Waals surface area contributed by atoms with Crippen molar-refractivity contribution in [3.8, 4) is 0 Å². The maximum Gasteiger partial charge on any atom is 0.251 e. The number of pyridine rings is 1. The molecular formula is C16H17N3O2. The van der Waals surface area contributed by atoms with Crippen LogP contribution in [0.25, 0.3) is 0 Å². The van der Waals surface area contributed by atoms with Crippen molar-refractivity contribution in [2.75, 3.05) is 6.54 Å². The van der Waals surface area contributed by atoms with Gasteiger partial charge in [0.15, 0.2) is 0 Å². The van der Waals surface area contributed by atoms with Crippen LogP contribution in [0.15, 0.2) is 48.8 Å². The van der Waals surface area contributed by atoms with Crippen molar-refractivity contribution >= 4 is 11.8 Å². The van der Waals surface area contributed by atoms with Gasteiger partial charge in [-0.25, -0.2) is 0 Å². The zero-order chi connectivity index (χ0) is 15.1. The maximum absolute atomic E-state index is 11.8. The Hall–Kier alpha value is -2.69. The molecule has 0 spiro atoms. The average Bonchev–Trinajstić information content (AvgIpc) is 2.52. The molecule has 2 rings (SSSR count). The summed E-state index contributed by atoms with van der Waals surface area (Å²) in [5.74, 6) is -0.495. The van der Waals surface area contributed by atoms with Crippen LogP contribution in [-0.2, 0) is 11.3 Å². The van der Waals surface area contributed by atoms with Gasteiger partial charge in [-0.2, -0.15) is 0 Å². The van der Waals surface area contributed by atoms with E-state index in [4.69, 9.17) is 0 Å². The van der Waals surface area contributed by atoms with Crippen molar-refractivity contribution in [1.29, 1.82) is 0 Å². The largest absolute Gasteiger partial charge is 0.350 e. The molecule has 1 aromatic heterocycles. The van der Waals surface area contributed by atoms with Gasteiger partial charge < -0.3 is 10.6 Å². The Kier molecular flexibility index (Phi) is 5.04. The predicted octanol–water partition coefficient (Wildman–Crippen LogP) is 1.44. The molecule has 0 bridgehead atoms. The summed E-state index contributed by atoms with van der Waals surface area (Å²) < 4.78 is 0. The highest BCUT2D eigenvalue weighted by molar-refractivity contribution is 5.96. The van der Waals surface area contributed by atoms with Crippen LogP contribution in [0.5, 0.6) is 0 Å². The SMILES string of the molecule is Cc1ccc(C(=O)NCC(=O)NCc2cccnc2)cc1. The third kappa shape index (κ3) is 4.72. The van der Waals surface area contributed by atoms with Gasteiger partial charge in [-0.1, -0.05) is 23.8 Å². The van der Waals surface area contributed by atoms with Gasteiger partial charge in [0.2, 0.25) is 5.91 Å². The Morgan fingerprint density at radius 2 is 1.86 bits per heavy atom. The molecule has 2 aromatic rings. The van der Waals surface area contributed by atoms with E-state index in [1.807, 2.05) is 25.1 Å².